The standard InChI is InChI=1S/C18H27N3OS.HI/c1-2-19-17(20-11-13-6-10-23-12-13)21-15-14-5-9-22-16(14)18(15)7-3-4-8-18;/h6,10,12,14-16H,2-5,7-9,11H2,1H3,(H2,19,20,21);1H. The molecule has 24 heavy (non-hydrogen) atoms. The molecule has 0 aromatic carbocycles. The van der Waals surface area contributed by atoms with E-state index in [1.165, 1.54) is 37.7 Å². The maximum atomic E-state index is 6.08. The number of fused-ring (bicyclic) bond motifs is 2. The van der Waals surface area contributed by atoms with Gasteiger partial charge in [0.15, 0.2) is 5.96 Å². The Hall–Kier alpha value is -0.340. The third kappa shape index (κ3) is 3.21. The zero-order valence-electron chi connectivity index (χ0n) is 14.3. The molecule has 2 heterocycles. The highest BCUT2D eigenvalue weighted by atomic mass is 127. The van der Waals surface area contributed by atoms with Crippen molar-refractivity contribution in [3.63, 3.8) is 0 Å². The fourth-order valence-electron chi connectivity index (χ4n) is 4.92. The third-order valence-electron chi connectivity index (χ3n) is 5.92. The van der Waals surface area contributed by atoms with Gasteiger partial charge in [0.1, 0.15) is 0 Å². The van der Waals surface area contributed by atoms with Crippen LogP contribution in [-0.4, -0.2) is 31.3 Å². The van der Waals surface area contributed by atoms with Gasteiger partial charge in [-0.3, -0.25) is 0 Å². The molecular formula is C18H28IN3OS. The first-order valence-electron chi connectivity index (χ1n) is 9.01. The molecule has 1 aromatic heterocycles. The highest BCUT2D eigenvalue weighted by molar-refractivity contribution is 14.0. The Kier molecular flexibility index (Phi) is 6.08. The minimum atomic E-state index is 0. The lowest BCUT2D eigenvalue weighted by molar-refractivity contribution is -0.125. The summed E-state index contributed by atoms with van der Waals surface area (Å²) >= 11 is 1.74. The number of hydrogen-bond donors (Lipinski definition) is 2. The number of thiophene rings is 1. The van der Waals surface area contributed by atoms with E-state index in [9.17, 15) is 0 Å². The normalized spacial score (nSPS) is 30.5. The second-order valence-electron chi connectivity index (χ2n) is 7.13. The van der Waals surface area contributed by atoms with Crippen LogP contribution in [0.4, 0.5) is 0 Å². The van der Waals surface area contributed by atoms with E-state index in [0.29, 0.717) is 23.5 Å². The molecule has 1 aliphatic heterocycles. The number of aliphatic imine (C=N–C) groups is 1. The van der Waals surface area contributed by atoms with Crippen molar-refractivity contribution in [3.05, 3.63) is 22.4 Å². The maximum absolute atomic E-state index is 6.08. The summed E-state index contributed by atoms with van der Waals surface area (Å²) < 4.78 is 6.08. The summed E-state index contributed by atoms with van der Waals surface area (Å²) in [5.74, 6) is 1.65. The fraction of sp³-hybridized carbons (Fsp3) is 0.722. The van der Waals surface area contributed by atoms with Crippen molar-refractivity contribution in [2.45, 2.75) is 57.7 Å². The molecule has 3 unspecified atom stereocenters. The average molecular weight is 461 g/mol. The molecule has 134 valence electrons. The molecule has 0 radical (unpaired) electrons. The zero-order chi connectivity index (χ0) is 15.7. The molecule has 3 atom stereocenters. The summed E-state index contributed by atoms with van der Waals surface area (Å²) in [5, 5.41) is 11.5. The van der Waals surface area contributed by atoms with Gasteiger partial charge in [0, 0.05) is 30.5 Å². The van der Waals surface area contributed by atoms with Crippen LogP contribution in [0.1, 0.15) is 44.6 Å². The monoisotopic (exact) mass is 461 g/mol. The number of nitrogens with one attached hydrogen (secondary N) is 2. The van der Waals surface area contributed by atoms with Crippen LogP contribution in [0.25, 0.3) is 0 Å². The summed E-state index contributed by atoms with van der Waals surface area (Å²) in [4.78, 5) is 4.81. The molecule has 4 rings (SSSR count). The highest BCUT2D eigenvalue weighted by Gasteiger charge is 2.65. The molecule has 0 bridgehead atoms. The van der Waals surface area contributed by atoms with E-state index in [0.717, 1.165) is 25.7 Å². The summed E-state index contributed by atoms with van der Waals surface area (Å²) in [6.07, 6.45) is 7.04. The van der Waals surface area contributed by atoms with Gasteiger partial charge in [0.2, 0.25) is 0 Å². The summed E-state index contributed by atoms with van der Waals surface area (Å²) in [6, 6.07) is 2.69. The minimum absolute atomic E-state index is 0. The van der Waals surface area contributed by atoms with Gasteiger partial charge in [-0.05, 0) is 48.6 Å². The molecule has 2 saturated carbocycles. The van der Waals surface area contributed by atoms with Crippen molar-refractivity contribution >= 4 is 41.3 Å². The van der Waals surface area contributed by atoms with E-state index >= 15 is 0 Å². The van der Waals surface area contributed by atoms with Crippen molar-refractivity contribution in [3.8, 4) is 0 Å². The molecule has 3 fully saturated rings. The van der Waals surface area contributed by atoms with Crippen LogP contribution in [-0.2, 0) is 11.3 Å². The number of ether oxygens (including phenoxy) is 1. The summed E-state index contributed by atoms with van der Waals surface area (Å²) in [5.41, 5.74) is 1.66. The summed E-state index contributed by atoms with van der Waals surface area (Å²) in [6.45, 7) is 4.73. The van der Waals surface area contributed by atoms with Crippen molar-refractivity contribution in [2.24, 2.45) is 16.3 Å². The average Bonchev–Trinajstić information content (AvgIpc) is 3.30. The van der Waals surface area contributed by atoms with Crippen LogP contribution in [0.3, 0.4) is 0 Å². The smallest absolute Gasteiger partial charge is 0.191 e. The molecule has 3 aliphatic rings. The lowest BCUT2D eigenvalue weighted by Gasteiger charge is -2.57. The largest absolute Gasteiger partial charge is 0.377 e. The molecule has 4 nitrogen and oxygen atoms in total. The third-order valence-corrected chi connectivity index (χ3v) is 6.65. The minimum Gasteiger partial charge on any atom is -0.377 e. The van der Waals surface area contributed by atoms with Crippen LogP contribution in [0.15, 0.2) is 21.8 Å². The van der Waals surface area contributed by atoms with E-state index in [-0.39, 0.29) is 24.0 Å². The predicted octanol–water partition coefficient (Wildman–Crippen LogP) is 3.77. The molecule has 1 aromatic rings. The Morgan fingerprint density at radius 1 is 1.42 bits per heavy atom. The molecule has 6 heteroatoms. The lowest BCUT2D eigenvalue weighted by Crippen LogP contribution is -2.69. The van der Waals surface area contributed by atoms with E-state index in [1.54, 1.807) is 11.3 Å². The van der Waals surface area contributed by atoms with Gasteiger partial charge in [0.05, 0.1) is 12.6 Å². The van der Waals surface area contributed by atoms with Gasteiger partial charge < -0.3 is 15.4 Å². The van der Waals surface area contributed by atoms with Crippen molar-refractivity contribution in [2.75, 3.05) is 13.2 Å². The highest BCUT2D eigenvalue weighted by Crippen LogP contribution is 2.60. The number of rotatable bonds is 4. The molecule has 1 saturated heterocycles. The van der Waals surface area contributed by atoms with E-state index in [2.05, 4.69) is 34.4 Å². The second-order valence-corrected chi connectivity index (χ2v) is 7.91. The number of guanidine groups is 1. The molecule has 2 aliphatic carbocycles. The first kappa shape index (κ1) is 18.5. The summed E-state index contributed by atoms with van der Waals surface area (Å²) in [7, 11) is 0. The second kappa shape index (κ2) is 7.91. The maximum Gasteiger partial charge on any atom is 0.191 e. The topological polar surface area (TPSA) is 45.7 Å². The molecule has 2 N–H and O–H groups in total. The number of halogens is 1. The Morgan fingerprint density at radius 3 is 2.96 bits per heavy atom. The quantitative estimate of drug-likeness (QED) is 0.408. The Labute approximate surface area is 165 Å². The van der Waals surface area contributed by atoms with Gasteiger partial charge in [-0.15, -0.1) is 24.0 Å². The number of nitrogens with zero attached hydrogens (tertiary/aromatic N) is 1. The lowest BCUT2D eigenvalue weighted by atomic mass is 9.54. The number of hydrogen-bond acceptors (Lipinski definition) is 3. The first-order chi connectivity index (χ1) is 11.3. The van der Waals surface area contributed by atoms with Gasteiger partial charge in [0.25, 0.3) is 0 Å². The van der Waals surface area contributed by atoms with Crippen molar-refractivity contribution < 1.29 is 4.74 Å². The Morgan fingerprint density at radius 2 is 2.25 bits per heavy atom. The van der Waals surface area contributed by atoms with Crippen molar-refractivity contribution in [1.29, 1.82) is 0 Å². The first-order valence-corrected chi connectivity index (χ1v) is 9.95. The Balaban J connectivity index is 0.00000169. The van der Waals surface area contributed by atoms with Crippen LogP contribution in [0.2, 0.25) is 0 Å². The molecular weight excluding hydrogens is 433 g/mol. The molecule has 1 spiro atoms. The van der Waals surface area contributed by atoms with Crippen molar-refractivity contribution in [1.82, 2.24) is 10.6 Å². The van der Waals surface area contributed by atoms with E-state index < -0.39 is 0 Å². The van der Waals surface area contributed by atoms with Gasteiger partial charge in [-0.2, -0.15) is 11.3 Å². The van der Waals surface area contributed by atoms with Gasteiger partial charge >= 0.3 is 0 Å². The molecule has 0 amide bonds. The van der Waals surface area contributed by atoms with Crippen LogP contribution >= 0.6 is 35.3 Å². The van der Waals surface area contributed by atoms with Gasteiger partial charge in [-0.25, -0.2) is 4.99 Å². The van der Waals surface area contributed by atoms with Crippen LogP contribution < -0.4 is 10.6 Å². The van der Waals surface area contributed by atoms with Crippen LogP contribution in [0.5, 0.6) is 0 Å². The van der Waals surface area contributed by atoms with Gasteiger partial charge in [-0.1, -0.05) is 12.8 Å². The van der Waals surface area contributed by atoms with Crippen LogP contribution in [0, 0.1) is 11.3 Å². The predicted molar refractivity (Wildman–Crippen MR) is 110 cm³/mol. The Bertz CT molecular complexity index is 557. The van der Waals surface area contributed by atoms with E-state index in [4.69, 9.17) is 9.73 Å². The van der Waals surface area contributed by atoms with E-state index in [1.807, 2.05) is 0 Å². The zero-order valence-corrected chi connectivity index (χ0v) is 17.4. The fourth-order valence-corrected chi connectivity index (χ4v) is 5.58. The SMILES string of the molecule is CCNC(=NCc1ccsc1)NC1C2CCOC2C12CCCC2.I.